The molecule has 0 aromatic heterocycles. The Morgan fingerprint density at radius 3 is 2.70 bits per heavy atom. The van der Waals surface area contributed by atoms with Gasteiger partial charge in [-0.1, -0.05) is 41.9 Å². The molecule has 1 atom stereocenters. The molecule has 2 aromatic rings. The van der Waals surface area contributed by atoms with Gasteiger partial charge in [-0.2, -0.15) is 5.26 Å². The number of benzene rings is 2. The van der Waals surface area contributed by atoms with E-state index in [1.54, 1.807) is 6.92 Å². The molecule has 0 bridgehead atoms. The van der Waals surface area contributed by atoms with Gasteiger partial charge < -0.3 is 10.5 Å². The minimum Gasteiger partial charge on any atom is -0.482 e. The van der Waals surface area contributed by atoms with Crippen molar-refractivity contribution in [1.29, 1.82) is 5.26 Å². The van der Waals surface area contributed by atoms with Crippen molar-refractivity contribution in [3.8, 4) is 11.8 Å². The second kappa shape index (κ2) is 7.61. The first-order valence-corrected chi connectivity index (χ1v) is 7.26. The molecule has 2 N–H and O–H groups in total. The average Bonchev–Trinajstić information content (AvgIpc) is 2.55. The highest BCUT2D eigenvalue weighted by molar-refractivity contribution is 6.30. The van der Waals surface area contributed by atoms with Crippen molar-refractivity contribution in [2.45, 2.75) is 13.0 Å². The maximum absolute atomic E-state index is 13.5. The lowest BCUT2D eigenvalue weighted by Crippen LogP contribution is -2.15. The fourth-order valence-corrected chi connectivity index (χ4v) is 2.13. The van der Waals surface area contributed by atoms with E-state index in [0.29, 0.717) is 5.84 Å². The van der Waals surface area contributed by atoms with E-state index in [1.165, 1.54) is 6.07 Å². The van der Waals surface area contributed by atoms with E-state index >= 15 is 0 Å². The molecule has 6 heteroatoms. The smallest absolute Gasteiger partial charge is 0.143 e. The molecule has 2 aromatic carbocycles. The van der Waals surface area contributed by atoms with Crippen molar-refractivity contribution in [2.75, 3.05) is 6.54 Å². The summed E-state index contributed by atoms with van der Waals surface area (Å²) >= 11 is 5.79. The summed E-state index contributed by atoms with van der Waals surface area (Å²) in [5, 5.41) is 9.04. The van der Waals surface area contributed by atoms with E-state index < -0.39 is 11.9 Å². The van der Waals surface area contributed by atoms with E-state index in [9.17, 15) is 4.39 Å². The Kier molecular flexibility index (Phi) is 5.56. The average molecular weight is 332 g/mol. The van der Waals surface area contributed by atoms with Gasteiger partial charge in [0.05, 0.1) is 23.0 Å². The SMILES string of the molecule is CC(N)=NCC(Oc1cc(Cl)c(F)cc1C#N)c1ccccc1. The molecule has 23 heavy (non-hydrogen) atoms. The van der Waals surface area contributed by atoms with Crippen LogP contribution in [0.2, 0.25) is 5.02 Å². The van der Waals surface area contributed by atoms with Crippen molar-refractivity contribution < 1.29 is 9.13 Å². The van der Waals surface area contributed by atoms with Gasteiger partial charge in [-0.25, -0.2) is 4.39 Å². The monoisotopic (exact) mass is 331 g/mol. The van der Waals surface area contributed by atoms with Gasteiger partial charge in [-0.15, -0.1) is 0 Å². The van der Waals surface area contributed by atoms with Gasteiger partial charge in [0.25, 0.3) is 0 Å². The van der Waals surface area contributed by atoms with Crippen molar-refractivity contribution in [2.24, 2.45) is 10.7 Å². The summed E-state index contributed by atoms with van der Waals surface area (Å²) in [5.74, 6) is -0.0348. The molecule has 0 fully saturated rings. The second-order valence-electron chi connectivity index (χ2n) is 4.87. The van der Waals surface area contributed by atoms with Crippen LogP contribution in [0.4, 0.5) is 4.39 Å². The molecule has 0 aliphatic carbocycles. The van der Waals surface area contributed by atoms with Gasteiger partial charge >= 0.3 is 0 Å². The first-order chi connectivity index (χ1) is 11.0. The Hall–Kier alpha value is -2.58. The lowest BCUT2D eigenvalue weighted by Gasteiger charge is -2.19. The quantitative estimate of drug-likeness (QED) is 0.668. The second-order valence-corrected chi connectivity index (χ2v) is 5.28. The van der Waals surface area contributed by atoms with Crippen LogP contribution in [0.15, 0.2) is 47.5 Å². The van der Waals surface area contributed by atoms with Gasteiger partial charge in [0.15, 0.2) is 0 Å². The lowest BCUT2D eigenvalue weighted by atomic mass is 10.1. The number of nitrogens with zero attached hydrogens (tertiary/aromatic N) is 2. The van der Waals surface area contributed by atoms with Crippen molar-refractivity contribution in [1.82, 2.24) is 0 Å². The molecule has 0 spiro atoms. The highest BCUT2D eigenvalue weighted by atomic mass is 35.5. The fourth-order valence-electron chi connectivity index (χ4n) is 1.97. The summed E-state index contributed by atoms with van der Waals surface area (Å²) in [4.78, 5) is 4.17. The lowest BCUT2D eigenvalue weighted by molar-refractivity contribution is 0.214. The number of ether oxygens (including phenoxy) is 1. The third kappa shape index (κ3) is 4.44. The Morgan fingerprint density at radius 2 is 2.09 bits per heavy atom. The van der Waals surface area contributed by atoms with Gasteiger partial charge in [-0.05, 0) is 18.6 Å². The normalized spacial score (nSPS) is 12.5. The zero-order valence-electron chi connectivity index (χ0n) is 12.5. The third-order valence-corrected chi connectivity index (χ3v) is 3.38. The molecule has 0 amide bonds. The summed E-state index contributed by atoms with van der Waals surface area (Å²) in [5.41, 5.74) is 6.52. The Balaban J connectivity index is 2.37. The molecule has 0 saturated heterocycles. The number of hydrogen-bond acceptors (Lipinski definition) is 3. The molecule has 0 aliphatic rings. The number of halogens is 2. The van der Waals surface area contributed by atoms with Crippen LogP contribution in [-0.4, -0.2) is 12.4 Å². The highest BCUT2D eigenvalue weighted by Gasteiger charge is 2.17. The molecular formula is C17H15ClFN3O. The van der Waals surface area contributed by atoms with Crippen molar-refractivity contribution in [3.63, 3.8) is 0 Å². The molecule has 0 radical (unpaired) electrons. The van der Waals surface area contributed by atoms with Gasteiger partial charge in [0, 0.05) is 6.07 Å². The summed E-state index contributed by atoms with van der Waals surface area (Å²) < 4.78 is 19.4. The molecule has 0 heterocycles. The zero-order chi connectivity index (χ0) is 16.8. The number of nitrogens with two attached hydrogens (primary N) is 1. The van der Waals surface area contributed by atoms with Crippen LogP contribution >= 0.6 is 11.6 Å². The molecule has 0 saturated carbocycles. The van der Waals surface area contributed by atoms with E-state index in [-0.39, 0.29) is 22.9 Å². The predicted molar refractivity (Wildman–Crippen MR) is 88.1 cm³/mol. The number of hydrogen-bond donors (Lipinski definition) is 1. The maximum Gasteiger partial charge on any atom is 0.143 e. The third-order valence-electron chi connectivity index (χ3n) is 3.09. The summed E-state index contributed by atoms with van der Waals surface area (Å²) in [6.07, 6.45) is -0.469. The molecule has 0 aliphatic heterocycles. The van der Waals surface area contributed by atoms with E-state index in [1.807, 2.05) is 36.4 Å². The number of aliphatic imine (C=N–C) groups is 1. The molecule has 1 unspecified atom stereocenters. The van der Waals surface area contributed by atoms with Gasteiger partial charge in [0.2, 0.25) is 0 Å². The van der Waals surface area contributed by atoms with E-state index in [4.69, 9.17) is 27.3 Å². The highest BCUT2D eigenvalue weighted by Crippen LogP contribution is 2.30. The topological polar surface area (TPSA) is 71.4 Å². The minimum absolute atomic E-state index is 0.0706. The van der Waals surface area contributed by atoms with Crippen LogP contribution in [0.3, 0.4) is 0 Å². The van der Waals surface area contributed by atoms with Crippen LogP contribution in [-0.2, 0) is 0 Å². The molecular weight excluding hydrogens is 317 g/mol. The van der Waals surface area contributed by atoms with E-state index in [0.717, 1.165) is 11.6 Å². The van der Waals surface area contributed by atoms with Crippen molar-refractivity contribution >= 4 is 17.4 Å². The van der Waals surface area contributed by atoms with Crippen molar-refractivity contribution in [3.05, 3.63) is 64.4 Å². The largest absolute Gasteiger partial charge is 0.482 e. The minimum atomic E-state index is -0.664. The summed E-state index contributed by atoms with van der Waals surface area (Å²) in [6, 6.07) is 13.6. The number of nitriles is 1. The van der Waals surface area contributed by atoms with Crippen LogP contribution in [0.1, 0.15) is 24.2 Å². The Labute approximate surface area is 139 Å². The molecule has 2 rings (SSSR count). The number of rotatable bonds is 5. The molecule has 118 valence electrons. The molecule has 4 nitrogen and oxygen atoms in total. The van der Waals surface area contributed by atoms with Crippen LogP contribution in [0.5, 0.6) is 5.75 Å². The Morgan fingerprint density at radius 1 is 1.39 bits per heavy atom. The van der Waals surface area contributed by atoms with Crippen LogP contribution in [0.25, 0.3) is 0 Å². The first kappa shape index (κ1) is 16.8. The zero-order valence-corrected chi connectivity index (χ0v) is 13.2. The standard InChI is InChI=1S/C17H15ClFN3O/c1-11(21)22-10-17(12-5-3-2-4-6-12)23-16-8-14(18)15(19)7-13(16)9-20/h2-8,17H,10H2,1H3,(H2,21,22). The van der Waals surface area contributed by atoms with Crippen LogP contribution in [0, 0.1) is 17.1 Å². The van der Waals surface area contributed by atoms with Gasteiger partial charge in [0.1, 0.15) is 23.7 Å². The number of amidine groups is 1. The van der Waals surface area contributed by atoms with E-state index in [2.05, 4.69) is 4.99 Å². The Bertz CT molecular complexity index is 752. The predicted octanol–water partition coefficient (Wildman–Crippen LogP) is 3.85. The summed E-state index contributed by atoms with van der Waals surface area (Å²) in [6.45, 7) is 1.95. The van der Waals surface area contributed by atoms with Gasteiger partial charge in [-0.3, -0.25) is 4.99 Å². The first-order valence-electron chi connectivity index (χ1n) is 6.88. The van der Waals surface area contributed by atoms with Crippen LogP contribution < -0.4 is 10.5 Å². The summed E-state index contributed by atoms with van der Waals surface area (Å²) in [7, 11) is 0. The maximum atomic E-state index is 13.5. The fraction of sp³-hybridized carbons (Fsp3) is 0.176.